The summed E-state index contributed by atoms with van der Waals surface area (Å²) in [5.74, 6) is 0.740. The molecule has 16 heavy (non-hydrogen) atoms. The first kappa shape index (κ1) is 11.4. The van der Waals surface area contributed by atoms with Crippen LogP contribution in [0.4, 0.5) is 0 Å². The van der Waals surface area contributed by atoms with Crippen molar-refractivity contribution in [2.75, 3.05) is 26.7 Å². The monoisotopic (exact) mass is 225 g/mol. The number of rotatable bonds is 3. The van der Waals surface area contributed by atoms with E-state index < -0.39 is 0 Å². The van der Waals surface area contributed by atoms with Gasteiger partial charge in [0.05, 0.1) is 6.54 Å². The molecule has 1 heterocycles. The normalized spacial score (nSPS) is 25.8. The average Bonchev–Trinajstić information content (AvgIpc) is 2.23. The summed E-state index contributed by atoms with van der Waals surface area (Å²) >= 11 is 0. The molecule has 1 aliphatic carbocycles. The smallest absolute Gasteiger partial charge is 0.241 e. The quantitative estimate of drug-likeness (QED) is 0.670. The molecule has 2 N–H and O–H groups in total. The lowest BCUT2D eigenvalue weighted by Crippen LogP contribution is -2.58. The molecule has 90 valence electrons. The fourth-order valence-corrected chi connectivity index (χ4v) is 2.16. The van der Waals surface area contributed by atoms with Crippen LogP contribution in [0.2, 0.25) is 0 Å². The Hall–Kier alpha value is -1.10. The molecule has 0 radical (unpaired) electrons. The molecule has 2 fully saturated rings. The van der Waals surface area contributed by atoms with Gasteiger partial charge >= 0.3 is 0 Å². The summed E-state index contributed by atoms with van der Waals surface area (Å²) in [5, 5.41) is 5.66. The van der Waals surface area contributed by atoms with Crippen molar-refractivity contribution in [3.63, 3.8) is 0 Å². The van der Waals surface area contributed by atoms with E-state index in [1.165, 1.54) is 19.3 Å². The second-order valence-corrected chi connectivity index (χ2v) is 4.75. The number of likely N-dealkylation sites (N-methyl/N-ethyl adjacent to an activating group) is 1. The average molecular weight is 225 g/mol. The molecule has 2 aliphatic rings. The largest absolute Gasteiger partial charge is 0.353 e. The molecule has 1 aliphatic heterocycles. The Morgan fingerprint density at radius 2 is 2.25 bits per heavy atom. The standard InChI is InChI=1S/C11H19N3O2/c1-14(7-8-3-2-4-8)11(16)9-5-13-10(15)6-12-9/h8-9,12H,2-7H2,1H3,(H,13,15). The van der Waals surface area contributed by atoms with Crippen LogP contribution in [0.25, 0.3) is 0 Å². The minimum Gasteiger partial charge on any atom is -0.353 e. The van der Waals surface area contributed by atoms with Crippen molar-refractivity contribution in [1.82, 2.24) is 15.5 Å². The van der Waals surface area contributed by atoms with Gasteiger partial charge in [-0.25, -0.2) is 0 Å². The van der Waals surface area contributed by atoms with Gasteiger partial charge in [-0.15, -0.1) is 0 Å². The van der Waals surface area contributed by atoms with Crippen molar-refractivity contribution in [2.24, 2.45) is 5.92 Å². The van der Waals surface area contributed by atoms with Gasteiger partial charge in [-0.05, 0) is 18.8 Å². The molecular weight excluding hydrogens is 206 g/mol. The van der Waals surface area contributed by atoms with Crippen LogP contribution in [0.5, 0.6) is 0 Å². The van der Waals surface area contributed by atoms with Crippen LogP contribution in [0.15, 0.2) is 0 Å². The summed E-state index contributed by atoms with van der Waals surface area (Å²) in [5.41, 5.74) is 0. The van der Waals surface area contributed by atoms with Gasteiger partial charge < -0.3 is 10.2 Å². The maximum atomic E-state index is 12.0. The molecule has 0 spiro atoms. The Labute approximate surface area is 95.6 Å². The Morgan fingerprint density at radius 3 is 2.75 bits per heavy atom. The number of hydrogen-bond donors (Lipinski definition) is 2. The molecular formula is C11H19N3O2. The SMILES string of the molecule is CN(CC1CCC1)C(=O)C1CNC(=O)CN1. The number of nitrogens with zero attached hydrogens (tertiary/aromatic N) is 1. The Bertz CT molecular complexity index is 279. The zero-order valence-electron chi connectivity index (χ0n) is 9.66. The van der Waals surface area contributed by atoms with Crippen LogP contribution in [0.3, 0.4) is 0 Å². The Morgan fingerprint density at radius 1 is 1.50 bits per heavy atom. The van der Waals surface area contributed by atoms with E-state index in [1.54, 1.807) is 4.90 Å². The lowest BCUT2D eigenvalue weighted by Gasteiger charge is -2.33. The minimum atomic E-state index is -0.247. The van der Waals surface area contributed by atoms with Crippen molar-refractivity contribution < 1.29 is 9.59 Å². The van der Waals surface area contributed by atoms with E-state index in [9.17, 15) is 9.59 Å². The first-order chi connectivity index (χ1) is 7.66. The fourth-order valence-electron chi connectivity index (χ4n) is 2.16. The highest BCUT2D eigenvalue weighted by Gasteiger charge is 2.28. The van der Waals surface area contributed by atoms with Gasteiger partial charge in [0, 0.05) is 20.1 Å². The van der Waals surface area contributed by atoms with Crippen molar-refractivity contribution in [1.29, 1.82) is 0 Å². The number of carbonyl (C=O) groups excluding carboxylic acids is 2. The highest BCUT2D eigenvalue weighted by atomic mass is 16.2. The molecule has 1 unspecified atom stereocenters. The van der Waals surface area contributed by atoms with E-state index in [1.807, 2.05) is 7.05 Å². The number of carbonyl (C=O) groups is 2. The third-order valence-electron chi connectivity index (χ3n) is 3.44. The third-order valence-corrected chi connectivity index (χ3v) is 3.44. The molecule has 0 bridgehead atoms. The van der Waals surface area contributed by atoms with E-state index in [-0.39, 0.29) is 24.4 Å². The van der Waals surface area contributed by atoms with Gasteiger partial charge in [0.1, 0.15) is 6.04 Å². The molecule has 1 saturated carbocycles. The molecule has 0 aromatic carbocycles. The molecule has 2 rings (SSSR count). The third kappa shape index (κ3) is 2.52. The first-order valence-corrected chi connectivity index (χ1v) is 5.92. The lowest BCUT2D eigenvalue weighted by atomic mass is 9.85. The summed E-state index contributed by atoms with van der Waals surface area (Å²) in [4.78, 5) is 24.7. The maximum absolute atomic E-state index is 12.0. The molecule has 5 heteroatoms. The van der Waals surface area contributed by atoms with Gasteiger partial charge in [-0.1, -0.05) is 6.42 Å². The molecule has 0 aromatic heterocycles. The number of amides is 2. The molecule has 0 aromatic rings. The van der Waals surface area contributed by atoms with Crippen LogP contribution >= 0.6 is 0 Å². The molecule has 1 atom stereocenters. The molecule has 1 saturated heterocycles. The van der Waals surface area contributed by atoms with E-state index in [0.717, 1.165) is 6.54 Å². The summed E-state index contributed by atoms with van der Waals surface area (Å²) in [6, 6.07) is -0.247. The number of hydrogen-bond acceptors (Lipinski definition) is 3. The van der Waals surface area contributed by atoms with Crippen molar-refractivity contribution >= 4 is 11.8 Å². The van der Waals surface area contributed by atoms with Gasteiger partial charge in [0.15, 0.2) is 0 Å². The summed E-state index contributed by atoms with van der Waals surface area (Å²) < 4.78 is 0. The highest BCUT2D eigenvalue weighted by Crippen LogP contribution is 2.26. The van der Waals surface area contributed by atoms with Crippen LogP contribution in [-0.4, -0.2) is 49.4 Å². The summed E-state index contributed by atoms with van der Waals surface area (Å²) in [6.45, 7) is 1.51. The van der Waals surface area contributed by atoms with Gasteiger partial charge in [0.25, 0.3) is 0 Å². The topological polar surface area (TPSA) is 61.4 Å². The van der Waals surface area contributed by atoms with Gasteiger partial charge in [-0.2, -0.15) is 0 Å². The zero-order chi connectivity index (χ0) is 11.5. The fraction of sp³-hybridized carbons (Fsp3) is 0.818. The van der Waals surface area contributed by atoms with Crippen LogP contribution in [-0.2, 0) is 9.59 Å². The maximum Gasteiger partial charge on any atom is 0.241 e. The number of nitrogens with one attached hydrogen (secondary N) is 2. The van der Waals surface area contributed by atoms with Crippen molar-refractivity contribution in [3.05, 3.63) is 0 Å². The highest BCUT2D eigenvalue weighted by molar-refractivity contribution is 5.86. The predicted octanol–water partition coefficient (Wildman–Crippen LogP) is -0.667. The zero-order valence-corrected chi connectivity index (χ0v) is 9.66. The van der Waals surface area contributed by atoms with Crippen molar-refractivity contribution in [3.8, 4) is 0 Å². The second-order valence-electron chi connectivity index (χ2n) is 4.75. The van der Waals surface area contributed by atoms with Gasteiger partial charge in [0.2, 0.25) is 11.8 Å². The van der Waals surface area contributed by atoms with Gasteiger partial charge in [-0.3, -0.25) is 14.9 Å². The van der Waals surface area contributed by atoms with Crippen LogP contribution in [0.1, 0.15) is 19.3 Å². The van der Waals surface area contributed by atoms with E-state index in [2.05, 4.69) is 10.6 Å². The summed E-state index contributed by atoms with van der Waals surface area (Å²) in [6.07, 6.45) is 3.78. The molecule has 2 amide bonds. The Balaban J connectivity index is 1.78. The van der Waals surface area contributed by atoms with Crippen LogP contribution < -0.4 is 10.6 Å². The molecule has 5 nitrogen and oxygen atoms in total. The van der Waals surface area contributed by atoms with Crippen LogP contribution in [0, 0.1) is 5.92 Å². The lowest BCUT2D eigenvalue weighted by molar-refractivity contribution is -0.134. The predicted molar refractivity (Wildman–Crippen MR) is 59.8 cm³/mol. The van der Waals surface area contributed by atoms with E-state index in [4.69, 9.17) is 0 Å². The number of piperazine rings is 1. The summed E-state index contributed by atoms with van der Waals surface area (Å²) in [7, 11) is 1.85. The van der Waals surface area contributed by atoms with Crippen molar-refractivity contribution in [2.45, 2.75) is 25.3 Å². The Kier molecular flexibility index (Phi) is 3.43. The van der Waals surface area contributed by atoms with E-state index in [0.29, 0.717) is 12.5 Å². The first-order valence-electron chi connectivity index (χ1n) is 5.92. The van der Waals surface area contributed by atoms with E-state index >= 15 is 0 Å². The second kappa shape index (κ2) is 4.82. The minimum absolute atomic E-state index is 0.0364.